The van der Waals surface area contributed by atoms with Gasteiger partial charge in [-0.1, -0.05) is 38.4 Å². The fraction of sp³-hybridized carbons (Fsp3) is 0.647. The van der Waals surface area contributed by atoms with E-state index in [1.807, 2.05) is 7.05 Å². The molecule has 2 nitrogen and oxygen atoms in total. The molecule has 0 atom stereocenters. The van der Waals surface area contributed by atoms with Crippen molar-refractivity contribution in [2.75, 3.05) is 25.0 Å². The highest BCUT2D eigenvalue weighted by molar-refractivity contribution is 6.33. The van der Waals surface area contributed by atoms with Gasteiger partial charge in [0, 0.05) is 19.6 Å². The van der Waals surface area contributed by atoms with Crippen molar-refractivity contribution in [3.63, 3.8) is 0 Å². The van der Waals surface area contributed by atoms with Crippen LogP contribution in [0.5, 0.6) is 0 Å². The zero-order valence-electron chi connectivity index (χ0n) is 13.2. The minimum absolute atomic E-state index is 0.423. The number of benzene rings is 1. The van der Waals surface area contributed by atoms with Gasteiger partial charge in [0.2, 0.25) is 0 Å². The lowest BCUT2D eigenvalue weighted by molar-refractivity contribution is 0.199. The minimum Gasteiger partial charge on any atom is -0.370 e. The maximum absolute atomic E-state index is 6.46. The molecule has 1 saturated heterocycles. The van der Waals surface area contributed by atoms with Crippen LogP contribution in [0.3, 0.4) is 0 Å². The van der Waals surface area contributed by atoms with Crippen LogP contribution in [0.25, 0.3) is 0 Å². The van der Waals surface area contributed by atoms with Gasteiger partial charge in [-0.3, -0.25) is 0 Å². The molecule has 2 rings (SSSR count). The van der Waals surface area contributed by atoms with Gasteiger partial charge < -0.3 is 10.2 Å². The van der Waals surface area contributed by atoms with E-state index in [-0.39, 0.29) is 0 Å². The summed E-state index contributed by atoms with van der Waals surface area (Å²) < 4.78 is 0. The maximum atomic E-state index is 6.46. The fourth-order valence-corrected chi connectivity index (χ4v) is 3.43. The van der Waals surface area contributed by atoms with E-state index in [4.69, 9.17) is 11.6 Å². The van der Waals surface area contributed by atoms with Crippen LogP contribution in [-0.4, -0.2) is 20.1 Å². The first-order valence-electron chi connectivity index (χ1n) is 7.60. The lowest BCUT2D eigenvalue weighted by atomic mass is 9.75. The van der Waals surface area contributed by atoms with Gasteiger partial charge in [0.15, 0.2) is 0 Å². The molecule has 3 heteroatoms. The average Bonchev–Trinajstić information content (AvgIpc) is 2.38. The second-order valence-electron chi connectivity index (χ2n) is 6.94. The lowest BCUT2D eigenvalue weighted by Gasteiger charge is -2.40. The Kier molecular flexibility index (Phi) is 4.98. The van der Waals surface area contributed by atoms with Crippen molar-refractivity contribution < 1.29 is 0 Å². The molecule has 1 aliphatic rings. The van der Waals surface area contributed by atoms with Crippen LogP contribution in [0.15, 0.2) is 18.2 Å². The summed E-state index contributed by atoms with van der Waals surface area (Å²) in [6, 6.07) is 6.43. The number of rotatable bonds is 3. The van der Waals surface area contributed by atoms with Gasteiger partial charge in [0.1, 0.15) is 0 Å². The molecule has 0 radical (unpaired) electrons. The first-order valence-corrected chi connectivity index (χ1v) is 7.97. The topological polar surface area (TPSA) is 15.3 Å². The van der Waals surface area contributed by atoms with E-state index >= 15 is 0 Å². The van der Waals surface area contributed by atoms with Crippen molar-refractivity contribution in [3.8, 4) is 0 Å². The summed E-state index contributed by atoms with van der Waals surface area (Å²) in [5, 5.41) is 4.04. The summed E-state index contributed by atoms with van der Waals surface area (Å²) in [5.74, 6) is 0.820. The molecule has 1 fully saturated rings. The van der Waals surface area contributed by atoms with E-state index in [0.29, 0.717) is 5.41 Å². The van der Waals surface area contributed by atoms with Crippen LogP contribution in [0.2, 0.25) is 5.02 Å². The molecular formula is C17H27ClN2. The molecule has 1 heterocycles. The largest absolute Gasteiger partial charge is 0.370 e. The van der Waals surface area contributed by atoms with Gasteiger partial charge in [-0.15, -0.1) is 0 Å². The Bertz CT molecular complexity index is 443. The van der Waals surface area contributed by atoms with E-state index in [1.165, 1.54) is 24.1 Å². The number of anilines is 1. The first-order chi connectivity index (χ1) is 9.41. The summed E-state index contributed by atoms with van der Waals surface area (Å²) in [4.78, 5) is 2.44. The summed E-state index contributed by atoms with van der Waals surface area (Å²) in [7, 11) is 1.96. The quantitative estimate of drug-likeness (QED) is 0.893. The third-order valence-electron chi connectivity index (χ3n) is 4.45. The van der Waals surface area contributed by atoms with Gasteiger partial charge in [0.05, 0.1) is 10.7 Å². The summed E-state index contributed by atoms with van der Waals surface area (Å²) in [6.07, 6.45) is 2.52. The van der Waals surface area contributed by atoms with Crippen molar-refractivity contribution in [2.45, 2.75) is 40.2 Å². The van der Waals surface area contributed by atoms with Gasteiger partial charge in [-0.05, 0) is 48.9 Å². The monoisotopic (exact) mass is 294 g/mol. The van der Waals surface area contributed by atoms with Gasteiger partial charge >= 0.3 is 0 Å². The molecule has 0 spiro atoms. The molecule has 0 saturated carbocycles. The third-order valence-corrected chi connectivity index (χ3v) is 4.76. The Morgan fingerprint density at radius 1 is 1.25 bits per heavy atom. The van der Waals surface area contributed by atoms with Crippen molar-refractivity contribution in [1.82, 2.24) is 5.32 Å². The summed E-state index contributed by atoms with van der Waals surface area (Å²) in [6.45, 7) is 10.2. The zero-order valence-corrected chi connectivity index (χ0v) is 13.9. The molecule has 20 heavy (non-hydrogen) atoms. The number of hydrogen-bond acceptors (Lipinski definition) is 2. The first kappa shape index (κ1) is 15.7. The second-order valence-corrected chi connectivity index (χ2v) is 7.35. The maximum Gasteiger partial charge on any atom is 0.0642 e. The Hall–Kier alpha value is -0.730. The Labute approximate surface area is 128 Å². The van der Waals surface area contributed by atoms with Crippen LogP contribution in [0.4, 0.5) is 5.69 Å². The molecule has 1 aromatic rings. The van der Waals surface area contributed by atoms with Gasteiger partial charge in [-0.2, -0.15) is 0 Å². The van der Waals surface area contributed by atoms with Crippen LogP contribution in [-0.2, 0) is 6.54 Å². The number of piperidine rings is 1. The highest BCUT2D eigenvalue weighted by Crippen LogP contribution is 2.37. The number of nitrogens with zero attached hydrogens (tertiary/aromatic N) is 1. The third kappa shape index (κ3) is 3.67. The van der Waals surface area contributed by atoms with Crippen LogP contribution in [0.1, 0.15) is 39.2 Å². The Morgan fingerprint density at radius 3 is 2.40 bits per heavy atom. The van der Waals surface area contributed by atoms with Crippen LogP contribution >= 0.6 is 11.6 Å². The summed E-state index contributed by atoms with van der Waals surface area (Å²) in [5.41, 5.74) is 2.86. The molecule has 1 aliphatic heterocycles. The molecule has 0 aromatic heterocycles. The standard InChI is InChI=1S/C17H27ClN2/c1-17(2,3)14-7-9-20(10-8-14)16-6-5-13(12-19-4)11-15(16)18/h5-6,11,14,19H,7-10,12H2,1-4H3. The zero-order chi connectivity index (χ0) is 14.8. The molecular weight excluding hydrogens is 268 g/mol. The predicted octanol–water partition coefficient (Wildman–Crippen LogP) is 4.32. The van der Waals surface area contributed by atoms with Crippen molar-refractivity contribution >= 4 is 17.3 Å². The van der Waals surface area contributed by atoms with Crippen LogP contribution < -0.4 is 10.2 Å². The van der Waals surface area contributed by atoms with Gasteiger partial charge in [-0.25, -0.2) is 0 Å². The fourth-order valence-electron chi connectivity index (χ4n) is 3.11. The molecule has 1 aromatic carbocycles. The molecule has 0 bridgehead atoms. The number of halogens is 1. The van der Waals surface area contributed by atoms with Gasteiger partial charge in [0.25, 0.3) is 0 Å². The smallest absolute Gasteiger partial charge is 0.0642 e. The molecule has 0 amide bonds. The normalized spacial score (nSPS) is 17.6. The number of nitrogens with one attached hydrogen (secondary N) is 1. The van der Waals surface area contributed by atoms with E-state index in [9.17, 15) is 0 Å². The minimum atomic E-state index is 0.423. The van der Waals surface area contributed by atoms with Crippen molar-refractivity contribution in [3.05, 3.63) is 28.8 Å². The molecule has 0 aliphatic carbocycles. The molecule has 1 N–H and O–H groups in total. The number of hydrogen-bond donors (Lipinski definition) is 1. The highest BCUT2D eigenvalue weighted by atomic mass is 35.5. The van der Waals surface area contributed by atoms with Crippen molar-refractivity contribution in [2.24, 2.45) is 11.3 Å². The Balaban J connectivity index is 2.03. The highest BCUT2D eigenvalue weighted by Gasteiger charge is 2.29. The predicted molar refractivity (Wildman–Crippen MR) is 88.6 cm³/mol. The lowest BCUT2D eigenvalue weighted by Crippen LogP contribution is -2.38. The van der Waals surface area contributed by atoms with E-state index in [1.54, 1.807) is 0 Å². The van der Waals surface area contributed by atoms with E-state index in [2.05, 4.69) is 49.2 Å². The van der Waals surface area contributed by atoms with E-state index in [0.717, 1.165) is 30.6 Å². The SMILES string of the molecule is CNCc1ccc(N2CCC(C(C)(C)C)CC2)c(Cl)c1. The second kappa shape index (κ2) is 6.36. The van der Waals surface area contributed by atoms with Crippen molar-refractivity contribution in [1.29, 1.82) is 0 Å². The average molecular weight is 295 g/mol. The van der Waals surface area contributed by atoms with E-state index < -0.39 is 0 Å². The summed E-state index contributed by atoms with van der Waals surface area (Å²) >= 11 is 6.46. The molecule has 0 unspecified atom stereocenters. The van der Waals surface area contributed by atoms with Crippen LogP contribution in [0, 0.1) is 11.3 Å². The Morgan fingerprint density at radius 2 is 1.90 bits per heavy atom. The molecule has 112 valence electrons.